The predicted molar refractivity (Wildman–Crippen MR) is 31.1 cm³/mol. The third-order valence-corrected chi connectivity index (χ3v) is 0.742. The molecule has 0 heterocycles. The van der Waals surface area contributed by atoms with Gasteiger partial charge in [-0.2, -0.15) is 0 Å². The van der Waals surface area contributed by atoms with Crippen LogP contribution >= 0.6 is 0 Å². The van der Waals surface area contributed by atoms with Crippen LogP contribution in [0.5, 0.6) is 0 Å². The van der Waals surface area contributed by atoms with Gasteiger partial charge in [-0.05, 0) is 6.42 Å². The molecule has 2 nitrogen and oxygen atoms in total. The number of rotatable bonds is 5. The smallest absolute Gasteiger partial charge is 0.291 e. The predicted octanol–water partition coefficient (Wildman–Crippen LogP) is 1.45. The van der Waals surface area contributed by atoms with E-state index in [-0.39, 0.29) is 0 Å². The molecule has 8 heavy (non-hydrogen) atoms. The standard InChI is InChI=1S/C6H12O2/c1-3-4-5-8-6-7-2/h3-5H2,1-2H3. The average molecular weight is 116 g/mol. The number of unbranched alkanes of at least 4 members (excludes halogenated alkanes) is 1. The minimum atomic E-state index is 0.713. The highest BCUT2D eigenvalue weighted by molar-refractivity contribution is 4.31. The monoisotopic (exact) mass is 116 g/mol. The molecule has 2 radical (unpaired) electrons. The molecular weight excluding hydrogens is 104 g/mol. The van der Waals surface area contributed by atoms with Crippen LogP contribution in [0, 0.1) is 6.79 Å². The van der Waals surface area contributed by atoms with Gasteiger partial charge >= 0.3 is 0 Å². The first kappa shape index (κ1) is 7.92. The Hall–Kier alpha value is -0.0800. The summed E-state index contributed by atoms with van der Waals surface area (Å²) >= 11 is 0. The summed E-state index contributed by atoms with van der Waals surface area (Å²) in [6.07, 6.45) is 2.21. The molecule has 0 aliphatic carbocycles. The van der Waals surface area contributed by atoms with Crippen molar-refractivity contribution in [2.75, 3.05) is 13.7 Å². The highest BCUT2D eigenvalue weighted by Crippen LogP contribution is 1.89. The Morgan fingerprint density at radius 1 is 1.50 bits per heavy atom. The highest BCUT2D eigenvalue weighted by atomic mass is 16.7. The van der Waals surface area contributed by atoms with Crippen LogP contribution in [-0.4, -0.2) is 13.7 Å². The third kappa shape index (κ3) is 5.92. The molecule has 0 aromatic rings. The normalized spacial score (nSPS) is 9.75. The van der Waals surface area contributed by atoms with E-state index in [0.717, 1.165) is 12.8 Å². The molecule has 0 atom stereocenters. The fourth-order valence-corrected chi connectivity index (χ4v) is 0.317. The zero-order chi connectivity index (χ0) is 6.24. The molecule has 0 amide bonds. The highest BCUT2D eigenvalue weighted by Gasteiger charge is 1.84. The number of hydrogen-bond donors (Lipinski definition) is 0. The van der Waals surface area contributed by atoms with Crippen molar-refractivity contribution in [2.45, 2.75) is 19.8 Å². The molecule has 0 aliphatic rings. The Balaban J connectivity index is 2.53. The molecule has 2 heteroatoms. The van der Waals surface area contributed by atoms with Gasteiger partial charge < -0.3 is 9.47 Å². The Labute approximate surface area is 50.8 Å². The zero-order valence-electron chi connectivity index (χ0n) is 5.44. The first-order valence-electron chi connectivity index (χ1n) is 2.81. The summed E-state index contributed by atoms with van der Waals surface area (Å²) in [4.78, 5) is 0. The van der Waals surface area contributed by atoms with Gasteiger partial charge in [-0.15, -0.1) is 0 Å². The van der Waals surface area contributed by atoms with Gasteiger partial charge in [0.25, 0.3) is 6.79 Å². The van der Waals surface area contributed by atoms with Crippen molar-refractivity contribution in [2.24, 2.45) is 0 Å². The quantitative estimate of drug-likeness (QED) is 0.506. The summed E-state index contributed by atoms with van der Waals surface area (Å²) in [5, 5.41) is 0. The van der Waals surface area contributed by atoms with Crippen LogP contribution < -0.4 is 0 Å². The Kier molecular flexibility index (Phi) is 6.85. The maximum atomic E-state index is 4.75. The topological polar surface area (TPSA) is 18.5 Å². The molecular formula is C6H12O2. The van der Waals surface area contributed by atoms with Gasteiger partial charge in [0.05, 0.1) is 6.61 Å². The van der Waals surface area contributed by atoms with Crippen LogP contribution in [0.15, 0.2) is 0 Å². The van der Waals surface area contributed by atoms with E-state index in [0.29, 0.717) is 6.61 Å². The lowest BCUT2D eigenvalue weighted by Gasteiger charge is -1.95. The first-order chi connectivity index (χ1) is 3.91. The van der Waals surface area contributed by atoms with E-state index in [1.807, 2.05) is 0 Å². The van der Waals surface area contributed by atoms with Crippen molar-refractivity contribution in [3.05, 3.63) is 6.79 Å². The van der Waals surface area contributed by atoms with Crippen molar-refractivity contribution in [3.8, 4) is 0 Å². The number of hydrogen-bond acceptors (Lipinski definition) is 2. The first-order valence-corrected chi connectivity index (χ1v) is 2.81. The van der Waals surface area contributed by atoms with Gasteiger partial charge in [-0.1, -0.05) is 13.3 Å². The summed E-state index contributed by atoms with van der Waals surface area (Å²) in [5.41, 5.74) is 0. The Morgan fingerprint density at radius 3 is 2.75 bits per heavy atom. The number of ether oxygens (including phenoxy) is 2. The van der Waals surface area contributed by atoms with E-state index in [1.54, 1.807) is 0 Å². The van der Waals surface area contributed by atoms with Gasteiger partial charge in [0.2, 0.25) is 0 Å². The molecule has 48 valence electrons. The fraction of sp³-hybridized carbons (Fsp3) is 0.833. The fourth-order valence-electron chi connectivity index (χ4n) is 0.317. The third-order valence-electron chi connectivity index (χ3n) is 0.742. The molecule has 0 fully saturated rings. The van der Waals surface area contributed by atoms with Crippen LogP contribution in [0.25, 0.3) is 0 Å². The SMILES string of the molecule is CCCCO[C]OC. The van der Waals surface area contributed by atoms with Gasteiger partial charge in [-0.25, -0.2) is 0 Å². The van der Waals surface area contributed by atoms with Crippen LogP contribution in [0.1, 0.15) is 19.8 Å². The minimum absolute atomic E-state index is 0.713. The summed E-state index contributed by atoms with van der Waals surface area (Å²) < 4.78 is 9.17. The van der Waals surface area contributed by atoms with Gasteiger partial charge in [0.15, 0.2) is 0 Å². The lowest BCUT2D eigenvalue weighted by Crippen LogP contribution is -1.91. The molecule has 0 aromatic heterocycles. The maximum Gasteiger partial charge on any atom is 0.291 e. The molecule has 0 saturated carbocycles. The molecule has 0 rings (SSSR count). The van der Waals surface area contributed by atoms with E-state index in [2.05, 4.69) is 18.5 Å². The van der Waals surface area contributed by atoms with Crippen LogP contribution in [-0.2, 0) is 9.47 Å². The Bertz CT molecular complexity index is 31.5. The number of methoxy groups -OCH3 is 1. The molecule has 0 aliphatic heterocycles. The average Bonchev–Trinajstić information content (AvgIpc) is 1.81. The van der Waals surface area contributed by atoms with E-state index in [4.69, 9.17) is 4.74 Å². The van der Waals surface area contributed by atoms with E-state index in [9.17, 15) is 0 Å². The summed E-state index contributed by atoms with van der Waals surface area (Å²) in [7, 11) is 1.52. The summed E-state index contributed by atoms with van der Waals surface area (Å²) in [6, 6.07) is 0. The summed E-state index contributed by atoms with van der Waals surface area (Å²) in [6.45, 7) is 5.10. The molecule has 0 saturated heterocycles. The van der Waals surface area contributed by atoms with Crippen LogP contribution in [0.4, 0.5) is 0 Å². The second-order valence-electron chi connectivity index (χ2n) is 1.49. The Morgan fingerprint density at radius 2 is 2.25 bits per heavy atom. The van der Waals surface area contributed by atoms with Crippen molar-refractivity contribution < 1.29 is 9.47 Å². The molecule has 0 spiro atoms. The van der Waals surface area contributed by atoms with E-state index < -0.39 is 0 Å². The van der Waals surface area contributed by atoms with Crippen molar-refractivity contribution in [1.29, 1.82) is 0 Å². The van der Waals surface area contributed by atoms with Crippen molar-refractivity contribution >= 4 is 0 Å². The van der Waals surface area contributed by atoms with Gasteiger partial charge in [0.1, 0.15) is 0 Å². The van der Waals surface area contributed by atoms with Gasteiger partial charge in [-0.3, -0.25) is 0 Å². The van der Waals surface area contributed by atoms with Crippen LogP contribution in [0.3, 0.4) is 0 Å². The van der Waals surface area contributed by atoms with Gasteiger partial charge in [0, 0.05) is 7.11 Å². The molecule has 0 aromatic carbocycles. The van der Waals surface area contributed by atoms with Crippen molar-refractivity contribution in [1.82, 2.24) is 0 Å². The zero-order valence-corrected chi connectivity index (χ0v) is 5.44. The van der Waals surface area contributed by atoms with E-state index in [1.165, 1.54) is 7.11 Å². The lowest BCUT2D eigenvalue weighted by molar-refractivity contribution is 0.0457. The maximum absolute atomic E-state index is 4.75. The second kappa shape index (κ2) is 6.92. The molecule has 0 N–H and O–H groups in total. The molecule has 0 bridgehead atoms. The second-order valence-corrected chi connectivity index (χ2v) is 1.49. The molecule has 0 unspecified atom stereocenters. The van der Waals surface area contributed by atoms with E-state index >= 15 is 0 Å². The van der Waals surface area contributed by atoms with Crippen molar-refractivity contribution in [3.63, 3.8) is 0 Å². The van der Waals surface area contributed by atoms with Crippen LogP contribution in [0.2, 0.25) is 0 Å². The summed E-state index contributed by atoms with van der Waals surface area (Å²) in [5.74, 6) is 0. The lowest BCUT2D eigenvalue weighted by atomic mass is 10.4. The minimum Gasteiger partial charge on any atom is -0.344 e. The largest absolute Gasteiger partial charge is 0.344 e.